The fraction of sp³-hybridized carbons (Fsp3) is 0.667. The van der Waals surface area contributed by atoms with Gasteiger partial charge in [0.05, 0.1) is 0 Å². The minimum atomic E-state index is -0.464. The van der Waals surface area contributed by atoms with Gasteiger partial charge in [0.15, 0.2) is 19.0 Å². The Kier molecular flexibility index (Phi) is 5.24. The zero-order valence-corrected chi connectivity index (χ0v) is 17.3. The molecule has 0 N–H and O–H groups in total. The quantitative estimate of drug-likeness (QED) is 0.632. The number of aryl methyl sites for hydroxylation is 1. The predicted molar refractivity (Wildman–Crippen MR) is 107 cm³/mol. The van der Waals surface area contributed by atoms with Crippen LogP contribution in [0.1, 0.15) is 69.4 Å². The third kappa shape index (κ3) is 3.83. The first-order valence-corrected chi connectivity index (χ1v) is 10.8. The highest BCUT2D eigenvalue weighted by atomic mass is 16.6. The van der Waals surface area contributed by atoms with E-state index in [1.165, 1.54) is 19.3 Å². The topological polar surface area (TPSA) is 52.6 Å². The van der Waals surface area contributed by atoms with E-state index in [1.54, 1.807) is 0 Å². The van der Waals surface area contributed by atoms with Crippen LogP contribution in [0.2, 0.25) is 0 Å². The van der Waals surface area contributed by atoms with E-state index in [0.717, 1.165) is 36.1 Å². The second kappa shape index (κ2) is 7.53. The van der Waals surface area contributed by atoms with Gasteiger partial charge in [-0.1, -0.05) is 26.0 Å². The van der Waals surface area contributed by atoms with Crippen molar-refractivity contribution in [1.82, 2.24) is 0 Å². The van der Waals surface area contributed by atoms with Gasteiger partial charge in [-0.05, 0) is 86.3 Å². The van der Waals surface area contributed by atoms with Crippen LogP contribution in [0.5, 0.6) is 5.75 Å². The van der Waals surface area contributed by atoms with Crippen LogP contribution in [-0.4, -0.2) is 25.0 Å². The van der Waals surface area contributed by atoms with Gasteiger partial charge in [-0.3, -0.25) is 4.79 Å². The van der Waals surface area contributed by atoms with E-state index in [-0.39, 0.29) is 24.4 Å². The van der Waals surface area contributed by atoms with Crippen molar-refractivity contribution in [3.63, 3.8) is 0 Å². The second-order valence-corrected chi connectivity index (χ2v) is 9.77. The highest BCUT2D eigenvalue weighted by Gasteiger charge is 2.54. The molecule has 0 amide bonds. The Hall–Kier alpha value is -1.84. The van der Waals surface area contributed by atoms with Crippen molar-refractivity contribution >= 4 is 11.8 Å². The summed E-state index contributed by atoms with van der Waals surface area (Å²) in [5.74, 6) is 2.84. The molecule has 0 radical (unpaired) electrons. The lowest BCUT2D eigenvalue weighted by molar-refractivity contribution is -0.158. The molecule has 0 spiro atoms. The molecule has 4 nitrogen and oxygen atoms in total. The number of Topliss-reactive ketones (excluding diaryl/α,β-unsaturated/α-hetero) is 1. The summed E-state index contributed by atoms with van der Waals surface area (Å²) < 4.78 is 11.1. The first-order valence-electron chi connectivity index (χ1n) is 10.8. The van der Waals surface area contributed by atoms with Gasteiger partial charge >= 0.3 is 5.97 Å². The van der Waals surface area contributed by atoms with Crippen molar-refractivity contribution in [3.8, 4) is 5.75 Å². The van der Waals surface area contributed by atoms with E-state index in [4.69, 9.17) is 9.47 Å². The Morgan fingerprint density at radius 1 is 1.04 bits per heavy atom. The summed E-state index contributed by atoms with van der Waals surface area (Å²) in [7, 11) is 0. The lowest BCUT2D eigenvalue weighted by atomic mass is 9.48. The molecule has 4 heteroatoms. The van der Waals surface area contributed by atoms with Crippen molar-refractivity contribution in [3.05, 3.63) is 29.3 Å². The maximum Gasteiger partial charge on any atom is 0.344 e. The monoisotopic (exact) mass is 384 g/mol. The van der Waals surface area contributed by atoms with Gasteiger partial charge in [0.1, 0.15) is 5.75 Å². The molecule has 0 saturated heterocycles. The van der Waals surface area contributed by atoms with Crippen molar-refractivity contribution in [1.29, 1.82) is 0 Å². The molecular weight excluding hydrogens is 352 g/mol. The van der Waals surface area contributed by atoms with Crippen LogP contribution >= 0.6 is 0 Å². The number of rotatable bonds is 7. The fourth-order valence-corrected chi connectivity index (χ4v) is 6.17. The van der Waals surface area contributed by atoms with Crippen molar-refractivity contribution in [2.45, 2.75) is 65.2 Å². The maximum atomic E-state index is 12.9. The molecule has 0 aliphatic heterocycles. The maximum absolute atomic E-state index is 12.9. The Morgan fingerprint density at radius 2 is 1.64 bits per heavy atom. The molecule has 5 rings (SSSR count). The average Bonchev–Trinajstić information content (AvgIpc) is 2.63. The molecule has 0 atom stereocenters. The van der Waals surface area contributed by atoms with Gasteiger partial charge < -0.3 is 9.47 Å². The standard InChI is InChI=1S/C24H32O4/c1-15(2)20-5-4-16(3)6-21(20)27-14-23(26)28-13-22(25)24-10-17-7-18(11-24)9-19(8-17)12-24/h4-6,15,17-19H,7-14H2,1-3H3. The zero-order valence-electron chi connectivity index (χ0n) is 17.3. The second-order valence-electron chi connectivity index (χ2n) is 9.77. The van der Waals surface area contributed by atoms with Crippen LogP contribution in [0.15, 0.2) is 18.2 Å². The Bertz CT molecular complexity index is 729. The Balaban J connectivity index is 1.31. The predicted octanol–water partition coefficient (Wildman–Crippen LogP) is 4.83. The van der Waals surface area contributed by atoms with Gasteiger partial charge in [0.25, 0.3) is 0 Å². The molecule has 152 valence electrons. The number of esters is 1. The zero-order chi connectivity index (χ0) is 19.9. The molecule has 4 bridgehead atoms. The first-order chi connectivity index (χ1) is 13.3. The molecule has 4 saturated carbocycles. The number of ether oxygens (including phenoxy) is 2. The van der Waals surface area contributed by atoms with Crippen LogP contribution in [0, 0.1) is 30.1 Å². The van der Waals surface area contributed by atoms with E-state index in [1.807, 2.05) is 25.1 Å². The van der Waals surface area contributed by atoms with Gasteiger partial charge in [-0.25, -0.2) is 4.79 Å². The van der Waals surface area contributed by atoms with Crippen LogP contribution < -0.4 is 4.74 Å². The lowest BCUT2D eigenvalue weighted by Gasteiger charge is -2.55. The van der Waals surface area contributed by atoms with Crippen molar-refractivity contribution in [2.24, 2.45) is 23.2 Å². The normalized spacial score (nSPS) is 30.5. The van der Waals surface area contributed by atoms with Crippen LogP contribution in [0.3, 0.4) is 0 Å². The summed E-state index contributed by atoms with van der Waals surface area (Å²) in [6.07, 6.45) is 6.92. The molecule has 0 unspecified atom stereocenters. The SMILES string of the molecule is Cc1ccc(C(C)C)c(OCC(=O)OCC(=O)C23CC4CC(CC(C4)C2)C3)c1. The number of hydrogen-bond acceptors (Lipinski definition) is 4. The number of benzene rings is 1. The van der Waals surface area contributed by atoms with E-state index >= 15 is 0 Å². The van der Waals surface area contributed by atoms with Gasteiger partial charge in [0.2, 0.25) is 0 Å². The molecule has 0 heterocycles. The molecule has 1 aromatic carbocycles. The van der Waals surface area contributed by atoms with Gasteiger partial charge in [-0.2, -0.15) is 0 Å². The minimum absolute atomic E-state index is 0.0980. The van der Waals surface area contributed by atoms with E-state index in [2.05, 4.69) is 13.8 Å². The molecular formula is C24H32O4. The minimum Gasteiger partial charge on any atom is -0.482 e. The Morgan fingerprint density at radius 3 is 2.21 bits per heavy atom. The van der Waals surface area contributed by atoms with Crippen LogP contribution in [0.4, 0.5) is 0 Å². The third-order valence-corrected chi connectivity index (χ3v) is 7.13. The molecule has 0 aromatic heterocycles. The molecule has 4 aliphatic rings. The van der Waals surface area contributed by atoms with Crippen molar-refractivity contribution < 1.29 is 19.1 Å². The number of hydrogen-bond donors (Lipinski definition) is 0. The van der Waals surface area contributed by atoms with E-state index < -0.39 is 5.97 Å². The summed E-state index contributed by atoms with van der Waals surface area (Å²) in [6.45, 7) is 5.94. The highest BCUT2D eigenvalue weighted by molar-refractivity contribution is 5.88. The van der Waals surface area contributed by atoms with Crippen LogP contribution in [-0.2, 0) is 14.3 Å². The number of carbonyl (C=O) groups excluding carboxylic acids is 2. The summed E-state index contributed by atoms with van der Waals surface area (Å²) >= 11 is 0. The third-order valence-electron chi connectivity index (χ3n) is 7.13. The summed E-state index contributed by atoms with van der Waals surface area (Å²) in [5.41, 5.74) is 1.95. The Labute approximate surface area is 168 Å². The summed E-state index contributed by atoms with van der Waals surface area (Å²) in [6, 6.07) is 6.03. The smallest absolute Gasteiger partial charge is 0.344 e. The first kappa shape index (κ1) is 19.5. The largest absolute Gasteiger partial charge is 0.482 e. The van der Waals surface area contributed by atoms with Crippen LogP contribution in [0.25, 0.3) is 0 Å². The lowest BCUT2D eigenvalue weighted by Crippen LogP contribution is -2.51. The highest BCUT2D eigenvalue weighted by Crippen LogP contribution is 2.60. The fourth-order valence-electron chi connectivity index (χ4n) is 6.17. The van der Waals surface area contributed by atoms with E-state index in [0.29, 0.717) is 23.7 Å². The molecule has 28 heavy (non-hydrogen) atoms. The summed E-state index contributed by atoms with van der Waals surface area (Å²) in [4.78, 5) is 25.2. The van der Waals surface area contributed by atoms with E-state index in [9.17, 15) is 9.59 Å². The number of carbonyl (C=O) groups is 2. The summed E-state index contributed by atoms with van der Waals surface area (Å²) in [5, 5.41) is 0. The molecule has 4 fully saturated rings. The van der Waals surface area contributed by atoms with Crippen molar-refractivity contribution in [2.75, 3.05) is 13.2 Å². The molecule has 1 aromatic rings. The molecule has 4 aliphatic carbocycles. The average molecular weight is 385 g/mol. The van der Waals surface area contributed by atoms with Gasteiger partial charge in [-0.15, -0.1) is 0 Å². The van der Waals surface area contributed by atoms with Gasteiger partial charge in [0, 0.05) is 5.41 Å². The number of ketones is 1.